The van der Waals surface area contributed by atoms with Gasteiger partial charge in [-0.05, 0) is 55.9 Å². The van der Waals surface area contributed by atoms with Gasteiger partial charge in [-0.15, -0.1) is 0 Å². The van der Waals surface area contributed by atoms with Crippen LogP contribution in [0, 0.1) is 0 Å². The lowest BCUT2D eigenvalue weighted by Gasteiger charge is -2.36. The van der Waals surface area contributed by atoms with Crippen LogP contribution in [0.2, 0.25) is 0 Å². The Morgan fingerprint density at radius 3 is 2.81 bits per heavy atom. The van der Waals surface area contributed by atoms with Crippen molar-refractivity contribution in [1.82, 2.24) is 14.6 Å². The number of carboxylic acids is 1. The molecule has 0 saturated carbocycles. The number of fused-ring (bicyclic) bond motifs is 1. The summed E-state index contributed by atoms with van der Waals surface area (Å²) in [7, 11) is 0. The van der Waals surface area contributed by atoms with E-state index in [0.717, 1.165) is 67.4 Å². The molecule has 2 N–H and O–H groups in total. The molecule has 4 rings (SSSR count). The highest BCUT2D eigenvalue weighted by Crippen LogP contribution is 2.36. The van der Waals surface area contributed by atoms with Gasteiger partial charge in [0.1, 0.15) is 5.82 Å². The second kappa shape index (κ2) is 9.99. The molecule has 170 valence electrons. The molecule has 0 amide bonds. The fourth-order valence-electron chi connectivity index (χ4n) is 4.51. The average molecular weight is 438 g/mol. The highest BCUT2D eigenvalue weighted by atomic mass is 16.5. The molecule has 0 spiro atoms. The zero-order valence-corrected chi connectivity index (χ0v) is 18.7. The van der Waals surface area contributed by atoms with E-state index in [0.29, 0.717) is 6.04 Å². The molecule has 0 radical (unpaired) electrons. The van der Waals surface area contributed by atoms with Crippen LogP contribution >= 0.6 is 0 Å². The first kappa shape index (κ1) is 22.1. The Bertz CT molecular complexity index is 1060. The first-order valence-electron chi connectivity index (χ1n) is 11.4. The van der Waals surface area contributed by atoms with Gasteiger partial charge in [-0.25, -0.2) is 9.50 Å². The van der Waals surface area contributed by atoms with E-state index in [9.17, 15) is 9.90 Å². The van der Waals surface area contributed by atoms with Crippen molar-refractivity contribution in [3.8, 4) is 0 Å². The predicted molar refractivity (Wildman–Crippen MR) is 125 cm³/mol. The van der Waals surface area contributed by atoms with Crippen LogP contribution in [0.5, 0.6) is 0 Å². The molecule has 8 nitrogen and oxygen atoms in total. The smallest absolute Gasteiger partial charge is 0.303 e. The van der Waals surface area contributed by atoms with Crippen molar-refractivity contribution in [2.45, 2.75) is 51.5 Å². The minimum atomic E-state index is -0.777. The number of ether oxygens (including phenoxy) is 1. The molecule has 1 atom stereocenters. The fraction of sp³-hybridized carbons (Fsp3) is 0.458. The summed E-state index contributed by atoms with van der Waals surface area (Å²) in [5.41, 5.74) is 3.83. The zero-order chi connectivity index (χ0) is 22.5. The topological polar surface area (TPSA) is 92.0 Å². The molecule has 1 aliphatic heterocycles. The van der Waals surface area contributed by atoms with Crippen molar-refractivity contribution >= 4 is 28.8 Å². The Kier molecular flexibility index (Phi) is 6.90. The van der Waals surface area contributed by atoms with Gasteiger partial charge in [-0.2, -0.15) is 5.10 Å². The maximum atomic E-state index is 11.4. The molecule has 3 heterocycles. The Labute approximate surface area is 188 Å². The standard InChI is InChI=1S/C24H31N5O3/c1-3-17(16-24(30)31)18-5-6-21(28(4-2)19-9-13-32-14-10-19)20(15-18)26-22-8-12-29-23(27-22)7-11-25-29/h5-8,11-12,15,17,19H,3-4,9-10,13-14,16H2,1-2H3,(H,26,27)(H,30,31). The first-order valence-corrected chi connectivity index (χ1v) is 11.4. The van der Waals surface area contributed by atoms with E-state index in [2.05, 4.69) is 45.4 Å². The van der Waals surface area contributed by atoms with Crippen LogP contribution in [-0.4, -0.2) is 51.5 Å². The van der Waals surface area contributed by atoms with E-state index >= 15 is 0 Å². The summed E-state index contributed by atoms with van der Waals surface area (Å²) in [4.78, 5) is 18.5. The van der Waals surface area contributed by atoms with E-state index in [1.165, 1.54) is 0 Å². The van der Waals surface area contributed by atoms with E-state index in [-0.39, 0.29) is 12.3 Å². The summed E-state index contributed by atoms with van der Waals surface area (Å²) in [5, 5.41) is 17.1. The molecule has 3 aromatic rings. The van der Waals surface area contributed by atoms with E-state index in [4.69, 9.17) is 4.74 Å². The molecule has 2 aromatic heterocycles. The summed E-state index contributed by atoms with van der Waals surface area (Å²) in [6.45, 7) is 6.63. The Morgan fingerprint density at radius 2 is 2.09 bits per heavy atom. The number of carbonyl (C=O) groups is 1. The second-order valence-electron chi connectivity index (χ2n) is 8.18. The van der Waals surface area contributed by atoms with Crippen LogP contribution in [-0.2, 0) is 9.53 Å². The van der Waals surface area contributed by atoms with Crippen LogP contribution in [0.15, 0.2) is 42.7 Å². The normalized spacial score (nSPS) is 15.6. The van der Waals surface area contributed by atoms with Gasteiger partial charge in [0, 0.05) is 38.1 Å². The van der Waals surface area contributed by atoms with Crippen LogP contribution < -0.4 is 10.2 Å². The van der Waals surface area contributed by atoms with Gasteiger partial charge in [0.2, 0.25) is 0 Å². The summed E-state index contributed by atoms with van der Waals surface area (Å²) in [5.74, 6) is -0.0862. The number of nitrogens with one attached hydrogen (secondary N) is 1. The summed E-state index contributed by atoms with van der Waals surface area (Å²) in [6, 6.07) is 10.5. The minimum Gasteiger partial charge on any atom is -0.481 e. The van der Waals surface area contributed by atoms with Gasteiger partial charge >= 0.3 is 5.97 Å². The van der Waals surface area contributed by atoms with E-state index in [1.54, 1.807) is 10.7 Å². The molecule has 1 aliphatic rings. The number of carboxylic acid groups (broad SMARTS) is 1. The van der Waals surface area contributed by atoms with Gasteiger partial charge < -0.3 is 20.1 Å². The monoisotopic (exact) mass is 437 g/mol. The predicted octanol–water partition coefficient (Wildman–Crippen LogP) is 4.45. The largest absolute Gasteiger partial charge is 0.481 e. The molecule has 8 heteroatoms. The lowest BCUT2D eigenvalue weighted by Crippen LogP contribution is -2.39. The van der Waals surface area contributed by atoms with Crippen molar-refractivity contribution in [1.29, 1.82) is 0 Å². The van der Waals surface area contributed by atoms with Gasteiger partial charge in [0.05, 0.1) is 24.0 Å². The first-order chi connectivity index (χ1) is 15.6. The number of anilines is 3. The number of benzene rings is 1. The number of rotatable bonds is 9. The van der Waals surface area contributed by atoms with Gasteiger partial charge in [-0.3, -0.25) is 4.79 Å². The van der Waals surface area contributed by atoms with Crippen LogP contribution in [0.4, 0.5) is 17.2 Å². The number of hydrogen-bond donors (Lipinski definition) is 2. The summed E-state index contributed by atoms with van der Waals surface area (Å²) < 4.78 is 7.30. The van der Waals surface area contributed by atoms with Crippen molar-refractivity contribution in [2.24, 2.45) is 0 Å². The number of aliphatic carboxylic acids is 1. The Balaban J connectivity index is 1.72. The molecule has 0 bridgehead atoms. The minimum absolute atomic E-state index is 0.0366. The molecule has 0 aliphatic carbocycles. The highest BCUT2D eigenvalue weighted by Gasteiger charge is 2.24. The van der Waals surface area contributed by atoms with Crippen molar-refractivity contribution in [3.05, 3.63) is 48.3 Å². The van der Waals surface area contributed by atoms with Gasteiger partial charge in [-0.1, -0.05) is 13.0 Å². The van der Waals surface area contributed by atoms with Crippen LogP contribution in [0.3, 0.4) is 0 Å². The molecule has 1 fully saturated rings. The van der Waals surface area contributed by atoms with Crippen molar-refractivity contribution < 1.29 is 14.6 Å². The van der Waals surface area contributed by atoms with Crippen LogP contribution in [0.25, 0.3) is 5.65 Å². The second-order valence-corrected chi connectivity index (χ2v) is 8.18. The third-order valence-corrected chi connectivity index (χ3v) is 6.21. The van der Waals surface area contributed by atoms with Gasteiger partial charge in [0.15, 0.2) is 5.65 Å². The van der Waals surface area contributed by atoms with Gasteiger partial charge in [0.25, 0.3) is 0 Å². The van der Waals surface area contributed by atoms with E-state index < -0.39 is 5.97 Å². The third-order valence-electron chi connectivity index (χ3n) is 6.21. The summed E-state index contributed by atoms with van der Waals surface area (Å²) >= 11 is 0. The summed E-state index contributed by atoms with van der Waals surface area (Å²) in [6.07, 6.45) is 6.47. The zero-order valence-electron chi connectivity index (χ0n) is 18.7. The lowest BCUT2D eigenvalue weighted by molar-refractivity contribution is -0.137. The van der Waals surface area contributed by atoms with E-state index in [1.807, 2.05) is 25.3 Å². The molecular formula is C24H31N5O3. The SMILES string of the molecule is CCC(CC(=O)O)c1ccc(N(CC)C2CCOCC2)c(Nc2ccn3nccc3n2)c1. The molecule has 1 saturated heterocycles. The molecule has 32 heavy (non-hydrogen) atoms. The highest BCUT2D eigenvalue weighted by molar-refractivity contribution is 5.76. The maximum Gasteiger partial charge on any atom is 0.303 e. The number of hydrogen-bond acceptors (Lipinski definition) is 6. The fourth-order valence-corrected chi connectivity index (χ4v) is 4.51. The van der Waals surface area contributed by atoms with Crippen molar-refractivity contribution in [2.75, 3.05) is 30.0 Å². The molecule has 1 unspecified atom stereocenters. The average Bonchev–Trinajstić information content (AvgIpc) is 3.27. The quantitative estimate of drug-likeness (QED) is 0.511. The molecular weight excluding hydrogens is 406 g/mol. The lowest BCUT2D eigenvalue weighted by atomic mass is 9.92. The Morgan fingerprint density at radius 1 is 1.28 bits per heavy atom. The molecule has 1 aromatic carbocycles. The Hall–Kier alpha value is -3.13. The van der Waals surface area contributed by atoms with Crippen LogP contribution in [0.1, 0.15) is 51.0 Å². The van der Waals surface area contributed by atoms with Crippen molar-refractivity contribution in [3.63, 3.8) is 0 Å². The third kappa shape index (κ3) is 4.85. The number of aromatic nitrogens is 3. The maximum absolute atomic E-state index is 11.4. The number of nitrogens with zero attached hydrogens (tertiary/aromatic N) is 4.